The maximum atomic E-state index is 12.4. The van der Waals surface area contributed by atoms with Crippen LogP contribution in [0, 0.1) is 0 Å². The number of carboxylic acids is 1. The van der Waals surface area contributed by atoms with E-state index in [1.54, 1.807) is 0 Å². The average molecular weight is 438 g/mol. The van der Waals surface area contributed by atoms with Crippen molar-refractivity contribution in [3.05, 3.63) is 57.3 Å². The number of amides is 1. The van der Waals surface area contributed by atoms with E-state index < -0.39 is 12.1 Å². The number of aromatic nitrogens is 2. The number of aromatic amines is 1. The van der Waals surface area contributed by atoms with Gasteiger partial charge in [0.1, 0.15) is 11.5 Å². The lowest BCUT2D eigenvalue weighted by Crippen LogP contribution is -2.27. The number of anilines is 1. The maximum absolute atomic E-state index is 12.4. The van der Waals surface area contributed by atoms with E-state index in [4.69, 9.17) is 9.90 Å². The second-order valence-corrected chi connectivity index (χ2v) is 7.25. The number of carboxylic acid groups (broad SMARTS) is 1. The number of carbonyl (C=O) groups is 2. The molecule has 31 heavy (non-hydrogen) atoms. The Morgan fingerprint density at radius 1 is 1.26 bits per heavy atom. The van der Waals surface area contributed by atoms with Crippen molar-refractivity contribution in [1.82, 2.24) is 15.3 Å². The van der Waals surface area contributed by atoms with Gasteiger partial charge >= 0.3 is 12.1 Å². The van der Waals surface area contributed by atoms with E-state index in [1.807, 2.05) is 12.1 Å². The van der Waals surface area contributed by atoms with E-state index in [9.17, 15) is 22.8 Å². The molecular formula is C20H21F3N4O4. The first kappa shape index (κ1) is 22.3. The third kappa shape index (κ3) is 6.06. The van der Waals surface area contributed by atoms with Crippen molar-refractivity contribution in [3.8, 4) is 0 Å². The normalized spacial score (nSPS) is 15.1. The molecule has 8 nitrogen and oxygen atoms in total. The van der Waals surface area contributed by atoms with Crippen molar-refractivity contribution in [3.63, 3.8) is 0 Å². The van der Waals surface area contributed by atoms with Crippen LogP contribution in [0.1, 0.15) is 52.6 Å². The molecule has 166 valence electrons. The first-order chi connectivity index (χ1) is 14.6. The van der Waals surface area contributed by atoms with Crippen molar-refractivity contribution >= 4 is 17.6 Å². The number of carbonyl (C=O) groups excluding carboxylic acids is 1. The second-order valence-electron chi connectivity index (χ2n) is 7.25. The van der Waals surface area contributed by atoms with Gasteiger partial charge in [0.25, 0.3) is 11.5 Å². The number of fused-ring (bicyclic) bond motifs is 1. The number of aliphatic carboxylic acids is 1. The van der Waals surface area contributed by atoms with E-state index in [-0.39, 0.29) is 17.2 Å². The van der Waals surface area contributed by atoms with Gasteiger partial charge in [-0.15, -0.1) is 0 Å². The van der Waals surface area contributed by atoms with Gasteiger partial charge in [0, 0.05) is 30.8 Å². The number of H-pyrrole nitrogens is 1. The molecule has 2 heterocycles. The van der Waals surface area contributed by atoms with Crippen LogP contribution in [0.5, 0.6) is 0 Å². The molecule has 11 heteroatoms. The van der Waals surface area contributed by atoms with Crippen LogP contribution in [-0.4, -0.2) is 39.7 Å². The lowest BCUT2D eigenvalue weighted by molar-refractivity contribution is -0.192. The van der Waals surface area contributed by atoms with Gasteiger partial charge in [-0.1, -0.05) is 12.1 Å². The summed E-state index contributed by atoms with van der Waals surface area (Å²) in [7, 11) is 0. The molecule has 1 saturated carbocycles. The van der Waals surface area contributed by atoms with Gasteiger partial charge in [-0.05, 0) is 42.9 Å². The quantitative estimate of drug-likeness (QED) is 0.582. The van der Waals surface area contributed by atoms with Crippen molar-refractivity contribution in [1.29, 1.82) is 0 Å². The molecule has 4 N–H and O–H groups in total. The van der Waals surface area contributed by atoms with Gasteiger partial charge in [0.15, 0.2) is 0 Å². The molecule has 4 rings (SSSR count). The highest BCUT2D eigenvalue weighted by Crippen LogP contribution is 2.37. The zero-order chi connectivity index (χ0) is 22.6. The Balaban J connectivity index is 0.000000339. The fraction of sp³-hybridized carbons (Fsp3) is 0.400. The number of nitrogens with one attached hydrogen (secondary N) is 3. The van der Waals surface area contributed by atoms with Crippen LogP contribution in [0.25, 0.3) is 0 Å². The lowest BCUT2D eigenvalue weighted by Gasteiger charge is -2.21. The third-order valence-electron chi connectivity index (χ3n) is 4.83. The highest BCUT2D eigenvalue weighted by molar-refractivity contribution is 5.92. The predicted molar refractivity (Wildman–Crippen MR) is 105 cm³/mol. The van der Waals surface area contributed by atoms with Crippen molar-refractivity contribution in [2.75, 3.05) is 11.9 Å². The van der Waals surface area contributed by atoms with Crippen LogP contribution < -0.4 is 16.2 Å². The van der Waals surface area contributed by atoms with Crippen LogP contribution in [-0.2, 0) is 17.8 Å². The molecule has 0 unspecified atom stereocenters. The first-order valence-electron chi connectivity index (χ1n) is 9.69. The zero-order valence-corrected chi connectivity index (χ0v) is 16.4. The molecule has 1 aliphatic heterocycles. The topological polar surface area (TPSA) is 124 Å². The minimum atomic E-state index is -5.08. The maximum Gasteiger partial charge on any atom is 0.490 e. The molecule has 0 radical (unpaired) electrons. The number of rotatable bonds is 4. The summed E-state index contributed by atoms with van der Waals surface area (Å²) in [5.41, 5.74) is 3.46. The summed E-state index contributed by atoms with van der Waals surface area (Å²) >= 11 is 0. The summed E-state index contributed by atoms with van der Waals surface area (Å²) in [6.07, 6.45) is -0.921. The Morgan fingerprint density at radius 2 is 1.97 bits per heavy atom. The molecule has 2 aliphatic rings. The van der Waals surface area contributed by atoms with Gasteiger partial charge in [-0.25, -0.2) is 9.78 Å². The number of nitrogens with zero attached hydrogens (tertiary/aromatic N) is 1. The van der Waals surface area contributed by atoms with E-state index in [2.05, 4.69) is 26.7 Å². The Hall–Kier alpha value is -3.37. The molecule has 1 amide bonds. The molecule has 0 spiro atoms. The molecule has 1 aromatic carbocycles. The molecule has 1 aliphatic carbocycles. The molecule has 0 saturated heterocycles. The molecule has 1 fully saturated rings. The summed E-state index contributed by atoms with van der Waals surface area (Å²) < 4.78 is 31.7. The minimum absolute atomic E-state index is 0.198. The lowest BCUT2D eigenvalue weighted by atomic mass is 9.97. The van der Waals surface area contributed by atoms with E-state index in [0.717, 1.165) is 43.5 Å². The highest BCUT2D eigenvalue weighted by atomic mass is 19.4. The van der Waals surface area contributed by atoms with Crippen LogP contribution in [0.4, 0.5) is 18.9 Å². The Kier molecular flexibility index (Phi) is 6.62. The molecule has 2 aromatic rings. The van der Waals surface area contributed by atoms with Crippen LogP contribution >= 0.6 is 0 Å². The summed E-state index contributed by atoms with van der Waals surface area (Å²) in [4.78, 5) is 40.1. The van der Waals surface area contributed by atoms with Crippen LogP contribution in [0.2, 0.25) is 0 Å². The van der Waals surface area contributed by atoms with Gasteiger partial charge in [-0.3, -0.25) is 9.59 Å². The summed E-state index contributed by atoms with van der Waals surface area (Å²) in [6.45, 7) is 1.43. The SMILES string of the molecule is O=C(NCc1cccc2c1CCCN2)c1cc(=O)[nH]c(C2CC2)n1.O=C(O)C(F)(F)F. The number of halogens is 3. The first-order valence-corrected chi connectivity index (χ1v) is 9.69. The second kappa shape index (κ2) is 9.19. The molecular weight excluding hydrogens is 417 g/mol. The summed E-state index contributed by atoms with van der Waals surface area (Å²) in [6, 6.07) is 7.37. The fourth-order valence-electron chi connectivity index (χ4n) is 3.16. The largest absolute Gasteiger partial charge is 0.490 e. The summed E-state index contributed by atoms with van der Waals surface area (Å²) in [5, 5.41) is 13.4. The predicted octanol–water partition coefficient (Wildman–Crippen LogP) is 2.57. The Labute approximate surface area is 174 Å². The number of hydrogen-bond donors (Lipinski definition) is 4. The highest BCUT2D eigenvalue weighted by Gasteiger charge is 2.38. The van der Waals surface area contributed by atoms with Crippen molar-refractivity contribution < 1.29 is 27.9 Å². The van der Waals surface area contributed by atoms with Gasteiger partial charge in [-0.2, -0.15) is 13.2 Å². The smallest absolute Gasteiger partial charge is 0.475 e. The van der Waals surface area contributed by atoms with Crippen molar-refractivity contribution in [2.45, 2.75) is 44.3 Å². The molecule has 1 aromatic heterocycles. The van der Waals surface area contributed by atoms with E-state index in [0.29, 0.717) is 18.3 Å². The number of benzene rings is 1. The number of alkyl halides is 3. The van der Waals surface area contributed by atoms with Gasteiger partial charge in [0.05, 0.1) is 0 Å². The minimum Gasteiger partial charge on any atom is -0.475 e. The van der Waals surface area contributed by atoms with Gasteiger partial charge in [0.2, 0.25) is 0 Å². The Morgan fingerprint density at radius 3 is 2.61 bits per heavy atom. The third-order valence-corrected chi connectivity index (χ3v) is 4.83. The van der Waals surface area contributed by atoms with E-state index in [1.165, 1.54) is 11.6 Å². The number of hydrogen-bond acceptors (Lipinski definition) is 5. The van der Waals surface area contributed by atoms with Crippen molar-refractivity contribution in [2.24, 2.45) is 0 Å². The van der Waals surface area contributed by atoms with E-state index >= 15 is 0 Å². The molecule has 0 bridgehead atoms. The zero-order valence-electron chi connectivity index (χ0n) is 16.4. The summed E-state index contributed by atoms with van der Waals surface area (Å²) in [5.74, 6) is -2.12. The van der Waals surface area contributed by atoms with Gasteiger partial charge < -0.3 is 20.7 Å². The Bertz CT molecular complexity index is 1030. The monoisotopic (exact) mass is 438 g/mol. The molecule has 0 atom stereocenters. The van der Waals surface area contributed by atoms with Crippen LogP contribution in [0.3, 0.4) is 0 Å². The fourth-order valence-corrected chi connectivity index (χ4v) is 3.16. The average Bonchev–Trinajstić information content (AvgIpc) is 3.56. The van der Waals surface area contributed by atoms with Crippen LogP contribution in [0.15, 0.2) is 29.1 Å². The standard InChI is InChI=1S/C18H20N4O2.C2HF3O2/c23-16-9-15(21-17(22-16)11-6-7-11)18(24)20-10-12-3-1-5-14-13(12)4-2-8-19-14;3-2(4,5)1(6)7/h1,3,5,9,11,19H,2,4,6-8,10H2,(H,20,24)(H,21,22,23);(H,6,7).